The Balaban J connectivity index is 2.42. The highest BCUT2D eigenvalue weighted by atomic mass is 32.2. The van der Waals surface area contributed by atoms with Crippen LogP contribution in [0.3, 0.4) is 0 Å². The first kappa shape index (κ1) is 15.8. The summed E-state index contributed by atoms with van der Waals surface area (Å²) in [7, 11) is 1.65. The number of hydrogen-bond acceptors (Lipinski definition) is 5. The van der Waals surface area contributed by atoms with Crippen molar-refractivity contribution in [1.29, 1.82) is 0 Å². The first-order chi connectivity index (χ1) is 9.17. The van der Waals surface area contributed by atoms with E-state index < -0.39 is 12.0 Å². The number of carboxylic acid groups (broad SMARTS) is 1. The Hall–Kier alpha value is -1.24. The van der Waals surface area contributed by atoms with Crippen LogP contribution in [0.25, 0.3) is 0 Å². The van der Waals surface area contributed by atoms with Crippen molar-refractivity contribution in [2.45, 2.75) is 11.8 Å². The Morgan fingerprint density at radius 1 is 1.58 bits per heavy atom. The fourth-order valence-electron chi connectivity index (χ4n) is 1.47. The molecule has 0 aliphatic heterocycles. The highest BCUT2D eigenvalue weighted by Crippen LogP contribution is 2.18. The number of rotatable bonds is 9. The lowest BCUT2D eigenvalue weighted by Crippen LogP contribution is -2.36. The van der Waals surface area contributed by atoms with Crippen molar-refractivity contribution in [2.75, 3.05) is 26.0 Å². The number of hydrogen-bond donors (Lipinski definition) is 3. The normalized spacial score (nSPS) is 12.1. The first-order valence-electron chi connectivity index (χ1n) is 6.07. The topological polar surface area (TPSA) is 84.6 Å². The van der Waals surface area contributed by atoms with Gasteiger partial charge in [0, 0.05) is 18.1 Å². The molecule has 0 aromatic heterocycles. The molecule has 0 saturated heterocycles. The van der Waals surface area contributed by atoms with Crippen molar-refractivity contribution in [1.82, 2.24) is 5.32 Å². The maximum Gasteiger partial charge on any atom is 0.321 e. The van der Waals surface area contributed by atoms with Crippen LogP contribution < -0.4 is 15.8 Å². The molecule has 0 radical (unpaired) electrons. The number of thioether (sulfide) groups is 1. The Morgan fingerprint density at radius 2 is 2.37 bits per heavy atom. The Labute approximate surface area is 117 Å². The molecule has 4 N–H and O–H groups in total. The molecule has 0 fully saturated rings. The van der Waals surface area contributed by atoms with Crippen molar-refractivity contribution >= 4 is 17.7 Å². The smallest absolute Gasteiger partial charge is 0.321 e. The highest BCUT2D eigenvalue weighted by Gasteiger charge is 2.14. The molecule has 0 aliphatic rings. The van der Waals surface area contributed by atoms with Gasteiger partial charge in [0.05, 0.1) is 0 Å². The van der Waals surface area contributed by atoms with Gasteiger partial charge in [-0.3, -0.25) is 4.79 Å². The quantitative estimate of drug-likeness (QED) is 0.625. The van der Waals surface area contributed by atoms with Crippen LogP contribution in [0.15, 0.2) is 24.3 Å². The molecule has 1 atom stereocenters. The van der Waals surface area contributed by atoms with Crippen LogP contribution in [0.1, 0.15) is 5.56 Å². The standard InChI is InChI=1S/C13H20N2O3S/c1-15-12(13(16)17)9-19-8-10-3-2-4-11(7-10)18-6-5-14/h2-4,7,12,15H,5-6,8-9,14H2,1H3,(H,16,17). The number of carboxylic acids is 1. The van der Waals surface area contributed by atoms with Crippen LogP contribution in [-0.4, -0.2) is 43.1 Å². The predicted octanol–water partition coefficient (Wildman–Crippen LogP) is 0.930. The van der Waals surface area contributed by atoms with Crippen LogP contribution in [0.4, 0.5) is 0 Å². The zero-order chi connectivity index (χ0) is 14.1. The minimum Gasteiger partial charge on any atom is -0.492 e. The van der Waals surface area contributed by atoms with Crippen LogP contribution in [0.2, 0.25) is 0 Å². The monoisotopic (exact) mass is 284 g/mol. The third-order valence-electron chi connectivity index (χ3n) is 2.48. The SMILES string of the molecule is CNC(CSCc1cccc(OCCN)c1)C(=O)O. The molecular formula is C13H20N2O3S. The molecule has 5 nitrogen and oxygen atoms in total. The average molecular weight is 284 g/mol. The third kappa shape index (κ3) is 5.96. The molecule has 6 heteroatoms. The summed E-state index contributed by atoms with van der Waals surface area (Å²) in [6.07, 6.45) is 0. The maximum absolute atomic E-state index is 10.8. The van der Waals surface area contributed by atoms with E-state index in [1.165, 1.54) is 0 Å². The van der Waals surface area contributed by atoms with E-state index in [-0.39, 0.29) is 0 Å². The summed E-state index contributed by atoms with van der Waals surface area (Å²) >= 11 is 1.58. The number of carbonyl (C=O) groups is 1. The van der Waals surface area contributed by atoms with E-state index >= 15 is 0 Å². The van der Waals surface area contributed by atoms with Crippen LogP contribution >= 0.6 is 11.8 Å². The van der Waals surface area contributed by atoms with E-state index in [1.807, 2.05) is 24.3 Å². The summed E-state index contributed by atoms with van der Waals surface area (Å²) in [5.74, 6) is 1.26. The largest absolute Gasteiger partial charge is 0.492 e. The van der Waals surface area contributed by atoms with Crippen molar-refractivity contribution in [3.63, 3.8) is 0 Å². The third-order valence-corrected chi connectivity index (χ3v) is 3.59. The lowest BCUT2D eigenvalue weighted by atomic mass is 10.2. The summed E-state index contributed by atoms with van der Waals surface area (Å²) in [6.45, 7) is 0.985. The Kier molecular flexibility index (Phi) is 7.32. The summed E-state index contributed by atoms with van der Waals surface area (Å²) in [6, 6.07) is 7.25. The van der Waals surface area contributed by atoms with Crippen LogP contribution in [-0.2, 0) is 10.5 Å². The van der Waals surface area contributed by atoms with Gasteiger partial charge in [-0.15, -0.1) is 0 Å². The van der Waals surface area contributed by atoms with E-state index in [0.717, 1.165) is 17.1 Å². The molecule has 1 unspecified atom stereocenters. The molecule has 0 amide bonds. The summed E-state index contributed by atoms with van der Waals surface area (Å²) in [5, 5.41) is 11.7. The Morgan fingerprint density at radius 3 is 3.00 bits per heavy atom. The fraction of sp³-hybridized carbons (Fsp3) is 0.462. The summed E-state index contributed by atoms with van der Waals surface area (Å²) in [4.78, 5) is 10.8. The summed E-state index contributed by atoms with van der Waals surface area (Å²) < 4.78 is 5.44. The van der Waals surface area contributed by atoms with E-state index in [0.29, 0.717) is 18.9 Å². The van der Waals surface area contributed by atoms with E-state index in [4.69, 9.17) is 15.6 Å². The van der Waals surface area contributed by atoms with Gasteiger partial charge >= 0.3 is 5.97 Å². The van der Waals surface area contributed by atoms with Crippen LogP contribution in [0.5, 0.6) is 5.75 Å². The molecule has 0 aliphatic carbocycles. The molecule has 1 aromatic rings. The van der Waals surface area contributed by atoms with Gasteiger partial charge < -0.3 is 20.9 Å². The number of aliphatic carboxylic acids is 1. The second-order valence-corrected chi connectivity index (χ2v) is 5.01. The first-order valence-corrected chi connectivity index (χ1v) is 7.22. The van der Waals surface area contributed by atoms with Gasteiger partial charge in [0.15, 0.2) is 0 Å². The fourth-order valence-corrected chi connectivity index (χ4v) is 2.55. The van der Waals surface area contributed by atoms with E-state index in [2.05, 4.69) is 5.32 Å². The molecule has 19 heavy (non-hydrogen) atoms. The number of nitrogens with one attached hydrogen (secondary N) is 1. The van der Waals surface area contributed by atoms with Crippen molar-refractivity contribution in [3.8, 4) is 5.75 Å². The molecule has 0 spiro atoms. The van der Waals surface area contributed by atoms with Gasteiger partial charge in [0.2, 0.25) is 0 Å². The lowest BCUT2D eigenvalue weighted by Gasteiger charge is -2.11. The summed E-state index contributed by atoms with van der Waals surface area (Å²) in [5.41, 5.74) is 6.49. The van der Waals surface area contributed by atoms with Crippen LogP contribution in [0, 0.1) is 0 Å². The lowest BCUT2D eigenvalue weighted by molar-refractivity contribution is -0.138. The van der Waals surface area contributed by atoms with E-state index in [1.54, 1.807) is 18.8 Å². The van der Waals surface area contributed by atoms with Crippen molar-refractivity contribution < 1.29 is 14.6 Å². The Bertz CT molecular complexity index is 401. The zero-order valence-corrected chi connectivity index (χ0v) is 11.8. The second-order valence-electron chi connectivity index (χ2n) is 3.98. The molecule has 0 bridgehead atoms. The molecule has 1 rings (SSSR count). The predicted molar refractivity (Wildman–Crippen MR) is 77.6 cm³/mol. The molecule has 106 valence electrons. The van der Waals surface area contributed by atoms with Gasteiger partial charge in [-0.25, -0.2) is 0 Å². The van der Waals surface area contributed by atoms with Gasteiger partial charge in [0.25, 0.3) is 0 Å². The van der Waals surface area contributed by atoms with Crippen molar-refractivity contribution in [2.24, 2.45) is 5.73 Å². The average Bonchev–Trinajstić information content (AvgIpc) is 2.41. The number of nitrogens with two attached hydrogens (primary N) is 1. The maximum atomic E-state index is 10.8. The number of likely N-dealkylation sites (N-methyl/N-ethyl adjacent to an activating group) is 1. The molecule has 0 saturated carbocycles. The minimum absolute atomic E-state index is 0.488. The van der Waals surface area contributed by atoms with Gasteiger partial charge in [0.1, 0.15) is 18.4 Å². The molecular weight excluding hydrogens is 264 g/mol. The molecule has 0 heterocycles. The highest BCUT2D eigenvalue weighted by molar-refractivity contribution is 7.98. The minimum atomic E-state index is -0.824. The van der Waals surface area contributed by atoms with Gasteiger partial charge in [-0.1, -0.05) is 12.1 Å². The second kappa shape index (κ2) is 8.79. The zero-order valence-electron chi connectivity index (χ0n) is 11.0. The van der Waals surface area contributed by atoms with Gasteiger partial charge in [-0.2, -0.15) is 11.8 Å². The van der Waals surface area contributed by atoms with E-state index in [9.17, 15) is 4.79 Å². The van der Waals surface area contributed by atoms with Crippen molar-refractivity contribution in [3.05, 3.63) is 29.8 Å². The molecule has 1 aromatic carbocycles. The number of ether oxygens (including phenoxy) is 1. The van der Waals surface area contributed by atoms with Gasteiger partial charge in [-0.05, 0) is 24.7 Å². The number of benzene rings is 1.